The van der Waals surface area contributed by atoms with Gasteiger partial charge in [0.15, 0.2) is 17.3 Å². The molecule has 7 N–H and O–H groups in total. The fourth-order valence-corrected chi connectivity index (χ4v) is 13.7. The van der Waals surface area contributed by atoms with Gasteiger partial charge in [-0.05, 0) is 74.8 Å². The number of benzene rings is 1. The van der Waals surface area contributed by atoms with Crippen LogP contribution in [0.4, 0.5) is 0 Å². The molecule has 776 valence electrons. The Bertz CT molecular complexity index is 3310. The third-order valence-corrected chi connectivity index (χ3v) is 23.4. The molecule has 0 aliphatic heterocycles. The van der Waals surface area contributed by atoms with Gasteiger partial charge < -0.3 is 37.0 Å². The molecule has 2 atom stereocenters. The first-order valence-corrected chi connectivity index (χ1v) is 52.4. The number of nitrogens with one attached hydrogen (secondary N) is 6. The van der Waals surface area contributed by atoms with E-state index in [0.29, 0.717) is 81.7 Å². The minimum Gasteiger partial charge on any atom is -0.508 e. The van der Waals surface area contributed by atoms with Crippen molar-refractivity contribution in [2.24, 2.45) is 76.9 Å². The number of phenolic OH excluding ortho intramolecular Hbond substituents is 1. The Morgan fingerprint density at radius 2 is 0.537 bits per heavy atom. The molecule has 25 nitrogen and oxygen atoms in total. The molecule has 0 saturated carbocycles. The molecular formula is C107H192N6O19S2. The van der Waals surface area contributed by atoms with Gasteiger partial charge in [-0.25, -0.2) is 0 Å². The standard InChI is InChI=1S/C18H27NO3.C15H25NO4.C14H25NO3.C13H28N2O.C13H25NO2.2C13H22O3.C8H18S2/c1-12(2)17(21)9-10-18(22)16(19-13(3)4)11-14-5-7-15(20)8-6-14;1-10(2)13(18)7-5-12(17)6-8-15(20)16-9-14(19)11(3)4;1-8(2)12(16)7-11(13(17)9(3)4)15-14(18)10(5)6;1-11(2)14-9-5-7-13(16)8-6-10-15-12(3)4;1-10(2)13(16)8-7-12(15)6-5-9-14-11(3)4;2*1-9(2)12(15)7-5-11(14)6-8-13(16)10(3)4;1-7(2)5-9-10-6-8(3)4/h5-8,12-13,16,19-20H,9-11H2,1-4H3;10-11H,5-9H2,1-4H3,(H,16,20);8-11H,7H2,1-6H3,(H,15,18);11-12,14-15H,5-10H2,1-4H3;10-11,14H,5-9H2,1-4H3;2*9-10H,5-8H2,1-4H3;7-8H,5-6H2,1-4H3. The maximum atomic E-state index is 12.4. The normalized spacial score (nSPS) is 11.5. The topological polar surface area (TPSA) is 400 Å². The Balaban J connectivity index is -0.000000277. The molecule has 0 heterocycles. The highest BCUT2D eigenvalue weighted by Crippen LogP contribution is 2.26. The van der Waals surface area contributed by atoms with E-state index in [1.54, 1.807) is 81.4 Å². The van der Waals surface area contributed by atoms with Crippen molar-refractivity contribution in [2.75, 3.05) is 37.7 Å². The maximum absolute atomic E-state index is 12.4. The van der Waals surface area contributed by atoms with Gasteiger partial charge in [0.2, 0.25) is 11.8 Å². The average molecular weight is 1930 g/mol. The minimum atomic E-state index is -0.685. The lowest BCUT2D eigenvalue weighted by molar-refractivity contribution is -0.133. The molecule has 0 radical (unpaired) electrons. The van der Waals surface area contributed by atoms with E-state index in [9.17, 15) is 91.4 Å². The zero-order valence-corrected chi connectivity index (χ0v) is 91.7. The van der Waals surface area contributed by atoms with Crippen molar-refractivity contribution in [3.8, 4) is 5.75 Å². The smallest absolute Gasteiger partial charge is 0.223 e. The van der Waals surface area contributed by atoms with Crippen molar-refractivity contribution < 1.29 is 91.4 Å². The van der Waals surface area contributed by atoms with E-state index in [0.717, 1.165) is 69.1 Å². The molecule has 0 fully saturated rings. The molecule has 134 heavy (non-hydrogen) atoms. The van der Waals surface area contributed by atoms with Crippen LogP contribution in [-0.4, -0.2) is 183 Å². The highest BCUT2D eigenvalue weighted by molar-refractivity contribution is 8.76. The van der Waals surface area contributed by atoms with Gasteiger partial charge in [-0.3, -0.25) is 86.3 Å². The van der Waals surface area contributed by atoms with Gasteiger partial charge in [0, 0.05) is 229 Å². The number of hydrogen-bond acceptors (Lipinski definition) is 25. The molecular weight excluding hydrogens is 1740 g/mol. The molecule has 27 heteroatoms. The number of Topliss-reactive ketones (excluding diaryl/α,β-unsaturated/α-hetero) is 16. The largest absolute Gasteiger partial charge is 0.508 e. The number of phenols is 1. The second-order valence-electron chi connectivity index (χ2n) is 40.2. The second-order valence-corrected chi connectivity index (χ2v) is 42.8. The number of ketones is 16. The summed E-state index contributed by atoms with van der Waals surface area (Å²) in [6.07, 6.45) is 9.89. The molecule has 0 aliphatic carbocycles. The Kier molecular flexibility index (Phi) is 89.4. The number of aromatic hydroxyl groups is 1. The molecule has 0 bridgehead atoms. The summed E-state index contributed by atoms with van der Waals surface area (Å²) in [5.41, 5.74) is 0.986. The number of rotatable bonds is 66. The lowest BCUT2D eigenvalue weighted by atomic mass is 9.93. The van der Waals surface area contributed by atoms with Crippen LogP contribution in [0, 0.1) is 76.9 Å². The SMILES string of the molecule is CC(C)C(=O)CC(NC(=O)C(C)C)C(=O)C(C)C.CC(C)C(=O)CCC(=O)CCC(=O)C(C)C.CC(C)C(=O)CCC(=O)CCC(=O)C(C)C.CC(C)C(=O)CCC(=O)CCC(=O)NCC(=O)C(C)C.CC(C)CSSCC(C)C.CC(C)NC(Cc1ccc(O)cc1)C(=O)CCC(=O)C(C)C.CC(C)NCCCC(=O)CCC(=O)C(C)C.CC(C)NCCCC(=O)CCCNC(C)C. The summed E-state index contributed by atoms with van der Waals surface area (Å²) >= 11 is 0. The predicted molar refractivity (Wildman–Crippen MR) is 552 cm³/mol. The van der Waals surface area contributed by atoms with Crippen molar-refractivity contribution in [3.05, 3.63) is 29.8 Å². The van der Waals surface area contributed by atoms with Gasteiger partial charge in [0.25, 0.3) is 0 Å². The van der Waals surface area contributed by atoms with Crippen LogP contribution in [0.15, 0.2) is 24.3 Å². The van der Waals surface area contributed by atoms with Crippen LogP contribution in [0.2, 0.25) is 0 Å². The van der Waals surface area contributed by atoms with Crippen LogP contribution in [0.5, 0.6) is 5.75 Å². The van der Waals surface area contributed by atoms with E-state index in [1.807, 2.05) is 131 Å². The first-order valence-electron chi connectivity index (χ1n) is 49.9. The van der Waals surface area contributed by atoms with Gasteiger partial charge in [0.1, 0.15) is 80.9 Å². The maximum Gasteiger partial charge on any atom is 0.223 e. The van der Waals surface area contributed by atoms with Gasteiger partial charge in [-0.2, -0.15) is 0 Å². The summed E-state index contributed by atoms with van der Waals surface area (Å²) in [6.45, 7) is 68.4. The fraction of sp³-hybridized carbons (Fsp3) is 0.776. The van der Waals surface area contributed by atoms with Gasteiger partial charge in [-0.15, -0.1) is 0 Å². The van der Waals surface area contributed by atoms with E-state index in [1.165, 1.54) is 11.5 Å². The zero-order chi connectivity index (χ0) is 105. The minimum absolute atomic E-state index is 0.00180. The fourth-order valence-electron chi connectivity index (χ4n) is 10.7. The first-order chi connectivity index (χ1) is 61.9. The number of hydrogen-bond donors (Lipinski definition) is 7. The van der Waals surface area contributed by atoms with Crippen molar-refractivity contribution >= 4 is 126 Å². The van der Waals surface area contributed by atoms with E-state index in [-0.39, 0.29) is 252 Å². The summed E-state index contributed by atoms with van der Waals surface area (Å²) in [5.74, 6) is 4.61. The van der Waals surface area contributed by atoms with Crippen LogP contribution < -0.4 is 31.9 Å². The highest BCUT2D eigenvalue weighted by Gasteiger charge is 2.28. The Morgan fingerprint density at radius 1 is 0.276 bits per heavy atom. The lowest BCUT2D eigenvalue weighted by Crippen LogP contribution is -2.45. The summed E-state index contributed by atoms with van der Waals surface area (Å²) < 4.78 is 0. The van der Waals surface area contributed by atoms with Crippen LogP contribution in [0.25, 0.3) is 0 Å². The van der Waals surface area contributed by atoms with Crippen LogP contribution in [-0.2, 0) is 92.7 Å². The average Bonchev–Trinajstić information content (AvgIpc) is 0.882. The molecule has 0 saturated heterocycles. The van der Waals surface area contributed by atoms with Crippen molar-refractivity contribution in [2.45, 2.75) is 426 Å². The quantitative estimate of drug-likeness (QED) is 0.0235. The molecule has 1 aromatic rings. The summed E-state index contributed by atoms with van der Waals surface area (Å²) in [4.78, 5) is 207. The van der Waals surface area contributed by atoms with Gasteiger partial charge in [0.05, 0.1) is 18.6 Å². The molecule has 0 spiro atoms. The monoisotopic (exact) mass is 1930 g/mol. The Hall–Kier alpha value is -6.78. The van der Waals surface area contributed by atoms with Crippen molar-refractivity contribution in [3.63, 3.8) is 0 Å². The van der Waals surface area contributed by atoms with E-state index < -0.39 is 6.04 Å². The number of carbonyl (C=O) groups is 18. The molecule has 1 rings (SSSR count). The molecule has 2 amide bonds. The molecule has 2 unspecified atom stereocenters. The third-order valence-electron chi connectivity index (χ3n) is 20.3. The third kappa shape index (κ3) is 92.9. The summed E-state index contributed by atoms with van der Waals surface area (Å²) in [5, 5.41) is 27.7. The molecule has 0 aromatic heterocycles. The highest BCUT2D eigenvalue weighted by atomic mass is 33.1. The van der Waals surface area contributed by atoms with E-state index in [2.05, 4.69) is 101 Å². The summed E-state index contributed by atoms with van der Waals surface area (Å²) in [7, 11) is 4.01. The zero-order valence-electron chi connectivity index (χ0n) is 90.1. The van der Waals surface area contributed by atoms with Crippen LogP contribution in [0.1, 0.15) is 389 Å². The second kappa shape index (κ2) is 85.4. The lowest BCUT2D eigenvalue weighted by Gasteiger charge is -2.21. The van der Waals surface area contributed by atoms with Gasteiger partial charge >= 0.3 is 0 Å². The van der Waals surface area contributed by atoms with Gasteiger partial charge in [-0.1, -0.05) is 269 Å². The van der Waals surface area contributed by atoms with E-state index >= 15 is 0 Å². The summed E-state index contributed by atoms with van der Waals surface area (Å²) in [6, 6.07) is 7.58. The van der Waals surface area contributed by atoms with Crippen LogP contribution >= 0.6 is 21.6 Å². The molecule has 1 aromatic carbocycles. The Labute approximate surface area is 820 Å². The van der Waals surface area contributed by atoms with Crippen molar-refractivity contribution in [1.82, 2.24) is 31.9 Å². The number of carbonyl (C=O) groups excluding carboxylic acids is 18. The molecule has 0 aliphatic rings. The predicted octanol–water partition coefficient (Wildman–Crippen LogP) is 19.8. The Morgan fingerprint density at radius 3 is 0.791 bits per heavy atom. The first kappa shape index (κ1) is 140. The van der Waals surface area contributed by atoms with Crippen LogP contribution in [0.3, 0.4) is 0 Å². The van der Waals surface area contributed by atoms with E-state index in [4.69, 9.17) is 0 Å². The van der Waals surface area contributed by atoms with Crippen molar-refractivity contribution in [1.29, 1.82) is 0 Å². The number of amides is 2.